The summed E-state index contributed by atoms with van der Waals surface area (Å²) >= 11 is 0. The molecule has 0 aliphatic rings. The van der Waals surface area contributed by atoms with E-state index in [1.165, 1.54) is 7.11 Å². The minimum Gasteiger partial charge on any atom is -0.480 e. The fraction of sp³-hybridized carbons (Fsp3) is 0.385. The lowest BCUT2D eigenvalue weighted by Crippen LogP contribution is -2.24. The minimum absolute atomic E-state index is 0.260. The zero-order chi connectivity index (χ0) is 14.5. The number of amides is 1. The highest BCUT2D eigenvalue weighted by atomic mass is 16.5. The minimum atomic E-state index is -0.260. The molecule has 106 valence electrons. The summed E-state index contributed by atoms with van der Waals surface area (Å²) in [5, 5.41) is 9.54. The van der Waals surface area contributed by atoms with Crippen molar-refractivity contribution >= 4 is 5.91 Å². The van der Waals surface area contributed by atoms with E-state index in [4.69, 9.17) is 4.74 Å². The molecule has 0 fully saturated rings. The van der Waals surface area contributed by atoms with E-state index in [2.05, 4.69) is 25.5 Å². The number of aryl methyl sites for hydroxylation is 2. The highest BCUT2D eigenvalue weighted by molar-refractivity contribution is 5.96. The zero-order valence-electron chi connectivity index (χ0n) is 11.7. The molecule has 0 aliphatic carbocycles. The van der Waals surface area contributed by atoms with Crippen LogP contribution in [0.4, 0.5) is 0 Å². The summed E-state index contributed by atoms with van der Waals surface area (Å²) in [6.07, 6.45) is 0.750. The number of carbonyl (C=O) groups excluding carboxylic acids is 1. The number of carbonyl (C=O) groups is 1. The van der Waals surface area contributed by atoms with E-state index in [0.717, 1.165) is 17.9 Å². The van der Waals surface area contributed by atoms with Crippen LogP contribution in [-0.4, -0.2) is 33.2 Å². The smallest absolute Gasteiger partial charge is 0.257 e. The first-order chi connectivity index (χ1) is 9.63. The molecule has 7 nitrogen and oxygen atoms in total. The predicted octanol–water partition coefficient (Wildman–Crippen LogP) is 1.01. The number of nitrogens with zero attached hydrogens (tertiary/aromatic N) is 3. The Hall–Kier alpha value is -2.44. The third-order valence-electron chi connectivity index (χ3n) is 2.75. The molecule has 0 bridgehead atoms. The van der Waals surface area contributed by atoms with Crippen molar-refractivity contribution in [1.82, 2.24) is 25.5 Å². The van der Waals surface area contributed by atoms with Gasteiger partial charge in [-0.05, 0) is 19.1 Å². The Labute approximate surface area is 116 Å². The van der Waals surface area contributed by atoms with Crippen LogP contribution in [0.25, 0.3) is 0 Å². The van der Waals surface area contributed by atoms with Crippen LogP contribution < -0.4 is 10.1 Å². The molecule has 1 amide bonds. The average Bonchev–Trinajstić information content (AvgIpc) is 2.92. The number of hydrogen-bond acceptors (Lipinski definition) is 5. The third-order valence-corrected chi connectivity index (χ3v) is 2.75. The van der Waals surface area contributed by atoms with Crippen LogP contribution >= 0.6 is 0 Å². The normalized spacial score (nSPS) is 10.3. The molecule has 2 rings (SSSR count). The van der Waals surface area contributed by atoms with Crippen LogP contribution in [0, 0.1) is 6.92 Å². The lowest BCUT2D eigenvalue weighted by atomic mass is 10.2. The van der Waals surface area contributed by atoms with Crippen molar-refractivity contribution in [3.63, 3.8) is 0 Å². The first-order valence-electron chi connectivity index (χ1n) is 6.34. The van der Waals surface area contributed by atoms with Gasteiger partial charge >= 0.3 is 0 Å². The second-order valence-electron chi connectivity index (χ2n) is 4.24. The summed E-state index contributed by atoms with van der Waals surface area (Å²) in [6, 6.07) is 3.45. The Morgan fingerprint density at radius 1 is 1.40 bits per heavy atom. The summed E-state index contributed by atoms with van der Waals surface area (Å²) in [4.78, 5) is 20.5. The molecule has 0 saturated heterocycles. The first kappa shape index (κ1) is 14.0. The standard InChI is InChI=1S/C13H17N5O2/c1-4-10-16-11(18-17-10)7-14-12(19)9-6-5-8(2)15-13(9)20-3/h5-6H,4,7H2,1-3H3,(H,14,19)(H,16,17,18). The highest BCUT2D eigenvalue weighted by Gasteiger charge is 2.14. The van der Waals surface area contributed by atoms with E-state index in [0.29, 0.717) is 17.3 Å². The van der Waals surface area contributed by atoms with Crippen LogP contribution in [0.2, 0.25) is 0 Å². The van der Waals surface area contributed by atoms with Gasteiger partial charge in [-0.25, -0.2) is 9.97 Å². The van der Waals surface area contributed by atoms with Crippen molar-refractivity contribution in [1.29, 1.82) is 0 Å². The molecule has 0 unspecified atom stereocenters. The number of rotatable bonds is 5. The summed E-state index contributed by atoms with van der Waals surface area (Å²) in [6.45, 7) is 4.09. The number of aromatic nitrogens is 4. The number of hydrogen-bond donors (Lipinski definition) is 2. The second kappa shape index (κ2) is 6.14. The largest absolute Gasteiger partial charge is 0.480 e. The van der Waals surface area contributed by atoms with E-state index in [9.17, 15) is 4.79 Å². The second-order valence-corrected chi connectivity index (χ2v) is 4.24. The predicted molar refractivity (Wildman–Crippen MR) is 72.5 cm³/mol. The quantitative estimate of drug-likeness (QED) is 0.849. The molecule has 7 heteroatoms. The maximum absolute atomic E-state index is 12.1. The van der Waals surface area contributed by atoms with Crippen LogP contribution in [-0.2, 0) is 13.0 Å². The Morgan fingerprint density at radius 2 is 2.20 bits per heavy atom. The summed E-state index contributed by atoms with van der Waals surface area (Å²) in [5.41, 5.74) is 1.19. The fourth-order valence-electron chi connectivity index (χ4n) is 1.69. The number of H-pyrrole nitrogens is 1. The third kappa shape index (κ3) is 3.11. The van der Waals surface area contributed by atoms with Crippen molar-refractivity contribution in [3.8, 4) is 5.88 Å². The molecule has 0 aliphatic heterocycles. The highest BCUT2D eigenvalue weighted by Crippen LogP contribution is 2.15. The van der Waals surface area contributed by atoms with Gasteiger partial charge in [0.25, 0.3) is 5.91 Å². The molecular weight excluding hydrogens is 258 g/mol. The van der Waals surface area contributed by atoms with Crippen LogP contribution in [0.5, 0.6) is 5.88 Å². The van der Waals surface area contributed by atoms with E-state index < -0.39 is 0 Å². The van der Waals surface area contributed by atoms with Gasteiger partial charge in [-0.2, -0.15) is 5.10 Å². The topological polar surface area (TPSA) is 92.8 Å². The molecule has 2 aromatic rings. The maximum atomic E-state index is 12.1. The van der Waals surface area contributed by atoms with Gasteiger partial charge in [0, 0.05) is 12.1 Å². The first-order valence-corrected chi connectivity index (χ1v) is 6.34. The number of nitrogens with one attached hydrogen (secondary N) is 2. The van der Waals surface area contributed by atoms with Gasteiger partial charge in [0.05, 0.1) is 13.7 Å². The van der Waals surface area contributed by atoms with E-state index in [-0.39, 0.29) is 12.5 Å². The van der Waals surface area contributed by atoms with Gasteiger partial charge in [-0.1, -0.05) is 6.92 Å². The molecule has 0 aromatic carbocycles. The van der Waals surface area contributed by atoms with E-state index >= 15 is 0 Å². The Balaban J connectivity index is 2.04. The average molecular weight is 275 g/mol. The maximum Gasteiger partial charge on any atom is 0.257 e. The van der Waals surface area contributed by atoms with Gasteiger partial charge in [0.2, 0.25) is 5.88 Å². The van der Waals surface area contributed by atoms with Crippen molar-refractivity contribution in [3.05, 3.63) is 35.0 Å². The zero-order valence-corrected chi connectivity index (χ0v) is 11.7. The summed E-state index contributed by atoms with van der Waals surface area (Å²) in [5.74, 6) is 1.40. The fourth-order valence-corrected chi connectivity index (χ4v) is 1.69. The Kier molecular flexibility index (Phi) is 4.29. The molecule has 0 spiro atoms. The van der Waals surface area contributed by atoms with Crippen molar-refractivity contribution in [2.45, 2.75) is 26.8 Å². The monoisotopic (exact) mass is 275 g/mol. The Bertz CT molecular complexity index is 609. The van der Waals surface area contributed by atoms with Gasteiger partial charge in [0.1, 0.15) is 11.4 Å². The Morgan fingerprint density at radius 3 is 2.85 bits per heavy atom. The van der Waals surface area contributed by atoms with Gasteiger partial charge < -0.3 is 10.1 Å². The van der Waals surface area contributed by atoms with Crippen molar-refractivity contribution in [2.75, 3.05) is 7.11 Å². The molecule has 2 N–H and O–H groups in total. The summed E-state index contributed by atoms with van der Waals surface area (Å²) < 4.78 is 5.11. The molecular formula is C13H17N5O2. The van der Waals surface area contributed by atoms with Crippen LogP contribution in [0.1, 0.15) is 34.6 Å². The van der Waals surface area contributed by atoms with Gasteiger partial charge in [-0.3, -0.25) is 9.89 Å². The number of aromatic amines is 1. The molecule has 0 saturated carbocycles. The lowest BCUT2D eigenvalue weighted by molar-refractivity contribution is 0.0946. The lowest BCUT2D eigenvalue weighted by Gasteiger charge is -2.08. The van der Waals surface area contributed by atoms with Crippen molar-refractivity contribution < 1.29 is 9.53 Å². The van der Waals surface area contributed by atoms with Gasteiger partial charge in [-0.15, -0.1) is 0 Å². The van der Waals surface area contributed by atoms with Crippen molar-refractivity contribution in [2.24, 2.45) is 0 Å². The number of pyridine rings is 1. The molecule has 20 heavy (non-hydrogen) atoms. The van der Waals surface area contributed by atoms with Crippen LogP contribution in [0.3, 0.4) is 0 Å². The molecule has 2 aromatic heterocycles. The number of methoxy groups -OCH3 is 1. The van der Waals surface area contributed by atoms with Crippen LogP contribution in [0.15, 0.2) is 12.1 Å². The van der Waals surface area contributed by atoms with E-state index in [1.807, 2.05) is 13.8 Å². The summed E-state index contributed by atoms with van der Waals surface area (Å²) in [7, 11) is 1.49. The molecule has 2 heterocycles. The molecule has 0 radical (unpaired) electrons. The number of ether oxygens (including phenoxy) is 1. The van der Waals surface area contributed by atoms with Gasteiger partial charge in [0.15, 0.2) is 5.82 Å². The molecule has 0 atom stereocenters. The van der Waals surface area contributed by atoms with E-state index in [1.54, 1.807) is 12.1 Å². The SMILES string of the molecule is CCc1n[nH]c(CNC(=O)c2ccc(C)nc2OC)n1.